The van der Waals surface area contributed by atoms with Crippen LogP contribution in [0.2, 0.25) is 0 Å². The number of benzene rings is 2. The van der Waals surface area contributed by atoms with Crippen LogP contribution in [0.15, 0.2) is 53.6 Å². The second kappa shape index (κ2) is 6.42. The minimum absolute atomic E-state index is 0.322. The number of carbonyl (C=O) groups excluding carboxylic acids is 1. The van der Waals surface area contributed by atoms with Gasteiger partial charge in [-0.2, -0.15) is 5.10 Å². The monoisotopic (exact) mass is 368 g/mol. The first-order chi connectivity index (χ1) is 9.18. The lowest BCUT2D eigenvalue weighted by Gasteiger charge is -2.02. The molecule has 0 aliphatic heterocycles. The molecule has 0 heterocycles. The molecule has 96 valence electrons. The van der Waals surface area contributed by atoms with Crippen LogP contribution in [0.1, 0.15) is 15.9 Å². The maximum atomic E-state index is 13.3. The zero-order valence-electron chi connectivity index (χ0n) is 9.81. The summed E-state index contributed by atoms with van der Waals surface area (Å²) in [6.45, 7) is 0. The molecule has 3 nitrogen and oxygen atoms in total. The largest absolute Gasteiger partial charge is 0.272 e. The quantitative estimate of drug-likeness (QED) is 0.505. The van der Waals surface area contributed by atoms with E-state index in [-0.39, 0.29) is 11.7 Å². The van der Waals surface area contributed by atoms with E-state index in [4.69, 9.17) is 0 Å². The highest BCUT2D eigenvalue weighted by molar-refractivity contribution is 14.1. The molecule has 19 heavy (non-hydrogen) atoms. The van der Waals surface area contributed by atoms with Crippen molar-refractivity contribution in [3.8, 4) is 0 Å². The summed E-state index contributed by atoms with van der Waals surface area (Å²) in [5, 5.41) is 3.75. The van der Waals surface area contributed by atoms with Gasteiger partial charge in [-0.25, -0.2) is 9.82 Å². The first-order valence-corrected chi connectivity index (χ1v) is 6.59. The summed E-state index contributed by atoms with van der Waals surface area (Å²) in [5.41, 5.74) is 3.24. The molecular formula is C14H10FIN2O. The Bertz CT molecular complexity index is 628. The molecule has 5 heteroatoms. The van der Waals surface area contributed by atoms with Crippen molar-refractivity contribution in [2.45, 2.75) is 0 Å². The summed E-state index contributed by atoms with van der Waals surface area (Å²) < 4.78 is 14.1. The normalized spacial score (nSPS) is 10.6. The Morgan fingerprint density at radius 3 is 2.58 bits per heavy atom. The van der Waals surface area contributed by atoms with E-state index in [0.717, 1.165) is 3.57 Å². The first-order valence-electron chi connectivity index (χ1n) is 5.51. The number of hydrogen-bond donors (Lipinski definition) is 1. The summed E-state index contributed by atoms with van der Waals surface area (Å²) in [5.74, 6) is -0.702. The van der Waals surface area contributed by atoms with Gasteiger partial charge in [0.15, 0.2) is 0 Å². The molecule has 0 atom stereocenters. The average molecular weight is 368 g/mol. The predicted molar refractivity (Wildman–Crippen MR) is 80.6 cm³/mol. The van der Waals surface area contributed by atoms with Crippen LogP contribution >= 0.6 is 22.6 Å². The van der Waals surface area contributed by atoms with Crippen LogP contribution in [0, 0.1) is 9.39 Å². The number of nitrogens with zero attached hydrogens (tertiary/aromatic N) is 1. The summed E-state index contributed by atoms with van der Waals surface area (Å²) in [4.78, 5) is 11.8. The Kier molecular flexibility index (Phi) is 4.62. The SMILES string of the molecule is O=C(NN=Cc1ccccc1F)c1ccccc1I. The second-order valence-electron chi connectivity index (χ2n) is 3.70. The third kappa shape index (κ3) is 3.60. The number of halogens is 2. The van der Waals surface area contributed by atoms with Crippen LogP contribution in [0.4, 0.5) is 4.39 Å². The maximum Gasteiger partial charge on any atom is 0.272 e. The number of rotatable bonds is 3. The van der Waals surface area contributed by atoms with E-state index >= 15 is 0 Å². The van der Waals surface area contributed by atoms with Crippen molar-refractivity contribution in [3.05, 3.63) is 69.0 Å². The highest BCUT2D eigenvalue weighted by Gasteiger charge is 2.07. The van der Waals surface area contributed by atoms with Gasteiger partial charge in [0.1, 0.15) is 5.82 Å². The minimum atomic E-state index is -0.380. The summed E-state index contributed by atoms with van der Waals surface area (Å²) in [7, 11) is 0. The predicted octanol–water partition coefficient (Wildman–Crippen LogP) is 3.19. The van der Waals surface area contributed by atoms with Crippen LogP contribution in [0.25, 0.3) is 0 Å². The highest BCUT2D eigenvalue weighted by atomic mass is 127. The Morgan fingerprint density at radius 1 is 1.16 bits per heavy atom. The Balaban J connectivity index is 2.06. The van der Waals surface area contributed by atoms with Crippen LogP contribution in [0.5, 0.6) is 0 Å². The van der Waals surface area contributed by atoms with Gasteiger partial charge in [0.2, 0.25) is 0 Å². The minimum Gasteiger partial charge on any atom is -0.267 e. The molecule has 0 aliphatic rings. The maximum absolute atomic E-state index is 13.3. The molecule has 0 saturated heterocycles. The van der Waals surface area contributed by atoms with Gasteiger partial charge >= 0.3 is 0 Å². The number of hydrogen-bond acceptors (Lipinski definition) is 2. The van der Waals surface area contributed by atoms with Gasteiger partial charge in [-0.3, -0.25) is 4.79 Å². The second-order valence-corrected chi connectivity index (χ2v) is 4.86. The lowest BCUT2D eigenvalue weighted by molar-refractivity contribution is 0.0954. The van der Waals surface area contributed by atoms with Crippen LogP contribution in [-0.4, -0.2) is 12.1 Å². The molecule has 0 aliphatic carbocycles. The van der Waals surface area contributed by atoms with Crippen molar-refractivity contribution >= 4 is 34.7 Å². The number of nitrogens with one attached hydrogen (secondary N) is 1. The van der Waals surface area contributed by atoms with Gasteiger partial charge in [-0.1, -0.05) is 30.3 Å². The Hall–Kier alpha value is -1.76. The standard InChI is InChI=1S/C14H10FIN2O/c15-12-7-3-1-5-10(12)9-17-18-14(19)11-6-2-4-8-13(11)16/h1-9H,(H,18,19). The summed E-state index contributed by atoms with van der Waals surface area (Å²) >= 11 is 2.07. The van der Waals surface area contributed by atoms with Gasteiger partial charge < -0.3 is 0 Å². The van der Waals surface area contributed by atoms with Crippen molar-refractivity contribution in [2.75, 3.05) is 0 Å². The fraction of sp³-hybridized carbons (Fsp3) is 0. The molecule has 0 saturated carbocycles. The smallest absolute Gasteiger partial charge is 0.267 e. The van der Waals surface area contributed by atoms with Gasteiger partial charge in [-0.15, -0.1) is 0 Å². The molecule has 0 fully saturated rings. The number of carbonyl (C=O) groups is 1. The Morgan fingerprint density at radius 2 is 1.84 bits per heavy atom. The van der Waals surface area contributed by atoms with Gasteiger partial charge in [0.05, 0.1) is 11.8 Å². The molecule has 2 rings (SSSR count). The molecule has 0 aromatic heterocycles. The van der Waals surface area contributed by atoms with Gasteiger partial charge in [0.25, 0.3) is 5.91 Å². The molecule has 0 unspecified atom stereocenters. The number of hydrazone groups is 1. The molecule has 1 N–H and O–H groups in total. The number of amides is 1. The van der Waals surface area contributed by atoms with Crippen molar-refractivity contribution in [2.24, 2.45) is 5.10 Å². The van der Waals surface area contributed by atoms with E-state index in [2.05, 4.69) is 33.1 Å². The van der Waals surface area contributed by atoms with Crippen molar-refractivity contribution < 1.29 is 9.18 Å². The molecule has 0 spiro atoms. The molecule has 1 amide bonds. The van der Waals surface area contributed by atoms with Crippen LogP contribution in [0.3, 0.4) is 0 Å². The molecular weight excluding hydrogens is 358 g/mol. The lowest BCUT2D eigenvalue weighted by Crippen LogP contribution is -2.18. The molecule has 2 aromatic rings. The molecule has 0 radical (unpaired) electrons. The van der Waals surface area contributed by atoms with Crippen molar-refractivity contribution in [1.82, 2.24) is 5.43 Å². The van der Waals surface area contributed by atoms with E-state index in [1.807, 2.05) is 12.1 Å². The highest BCUT2D eigenvalue weighted by Crippen LogP contribution is 2.11. The topological polar surface area (TPSA) is 41.5 Å². The fourth-order valence-corrected chi connectivity index (χ4v) is 2.08. The van der Waals surface area contributed by atoms with Gasteiger partial charge in [-0.05, 0) is 40.8 Å². The third-order valence-corrected chi connectivity index (χ3v) is 3.33. The van der Waals surface area contributed by atoms with Crippen LogP contribution in [-0.2, 0) is 0 Å². The lowest BCUT2D eigenvalue weighted by atomic mass is 10.2. The zero-order valence-corrected chi connectivity index (χ0v) is 12.0. The zero-order chi connectivity index (χ0) is 13.7. The van der Waals surface area contributed by atoms with Gasteiger partial charge in [0, 0.05) is 9.13 Å². The van der Waals surface area contributed by atoms with E-state index in [9.17, 15) is 9.18 Å². The van der Waals surface area contributed by atoms with E-state index in [0.29, 0.717) is 11.1 Å². The van der Waals surface area contributed by atoms with E-state index in [1.165, 1.54) is 12.3 Å². The summed E-state index contributed by atoms with van der Waals surface area (Å²) in [6, 6.07) is 13.4. The molecule has 2 aromatic carbocycles. The van der Waals surface area contributed by atoms with Crippen molar-refractivity contribution in [3.63, 3.8) is 0 Å². The molecule has 0 bridgehead atoms. The first kappa shape index (κ1) is 13.7. The average Bonchev–Trinajstić information content (AvgIpc) is 2.41. The van der Waals surface area contributed by atoms with E-state index in [1.54, 1.807) is 30.3 Å². The van der Waals surface area contributed by atoms with Crippen LogP contribution < -0.4 is 5.43 Å². The summed E-state index contributed by atoms with van der Waals surface area (Å²) in [6.07, 6.45) is 1.28. The third-order valence-electron chi connectivity index (χ3n) is 2.39. The Labute approximate surface area is 123 Å². The van der Waals surface area contributed by atoms with E-state index < -0.39 is 0 Å². The fourth-order valence-electron chi connectivity index (χ4n) is 1.45. The van der Waals surface area contributed by atoms with Crippen molar-refractivity contribution in [1.29, 1.82) is 0 Å².